The number of benzene rings is 4. The van der Waals surface area contributed by atoms with Crippen LogP contribution in [0.3, 0.4) is 0 Å². The Morgan fingerprint density at radius 1 is 0.903 bits per heavy atom. The third-order valence-corrected chi connectivity index (χ3v) is 5.10. The molecule has 0 aliphatic rings. The van der Waals surface area contributed by atoms with Crippen LogP contribution in [0, 0.1) is 0 Å². The van der Waals surface area contributed by atoms with Crippen molar-refractivity contribution in [1.82, 2.24) is 0 Å². The van der Waals surface area contributed by atoms with Crippen molar-refractivity contribution in [3.8, 4) is 11.5 Å². The summed E-state index contributed by atoms with van der Waals surface area (Å²) in [6.45, 7) is 0.973. The minimum Gasteiger partial charge on any atom is -0.493 e. The Bertz CT molecular complexity index is 1210. The van der Waals surface area contributed by atoms with Gasteiger partial charge in [0, 0.05) is 12.2 Å². The number of rotatable bonds is 8. The number of hydrogen-bond donors (Lipinski definition) is 2. The number of anilines is 1. The van der Waals surface area contributed by atoms with E-state index >= 15 is 0 Å². The Kier molecular flexibility index (Phi) is 6.03. The molecule has 0 unspecified atom stereocenters. The van der Waals surface area contributed by atoms with Crippen molar-refractivity contribution in [1.29, 1.82) is 0 Å². The van der Waals surface area contributed by atoms with Gasteiger partial charge in [0.15, 0.2) is 11.5 Å². The Morgan fingerprint density at radius 3 is 2.55 bits per heavy atom. The van der Waals surface area contributed by atoms with Crippen molar-refractivity contribution in [2.24, 2.45) is 0 Å². The summed E-state index contributed by atoms with van der Waals surface area (Å²) in [7, 11) is 1.62. The van der Waals surface area contributed by atoms with Crippen LogP contribution in [0.1, 0.15) is 21.5 Å². The highest BCUT2D eigenvalue weighted by Crippen LogP contribution is 2.30. The van der Waals surface area contributed by atoms with Gasteiger partial charge in [-0.15, -0.1) is 0 Å². The zero-order chi connectivity index (χ0) is 21.6. The van der Waals surface area contributed by atoms with E-state index in [0.717, 1.165) is 16.8 Å². The SMILES string of the molecule is COc1cc(CNc2cccc(C(=O)O)c2)ccc1OCc1cccc2ccccc12. The van der Waals surface area contributed by atoms with Gasteiger partial charge in [0.1, 0.15) is 6.61 Å². The molecule has 0 aliphatic heterocycles. The van der Waals surface area contributed by atoms with Crippen molar-refractivity contribution in [2.45, 2.75) is 13.2 Å². The Balaban J connectivity index is 1.45. The largest absolute Gasteiger partial charge is 0.493 e. The molecule has 2 N–H and O–H groups in total. The third kappa shape index (κ3) is 4.78. The molecule has 0 spiro atoms. The van der Waals surface area contributed by atoms with Gasteiger partial charge < -0.3 is 19.9 Å². The van der Waals surface area contributed by atoms with Crippen molar-refractivity contribution >= 4 is 22.4 Å². The van der Waals surface area contributed by atoms with E-state index in [-0.39, 0.29) is 5.56 Å². The average molecular weight is 413 g/mol. The van der Waals surface area contributed by atoms with Gasteiger partial charge in [-0.25, -0.2) is 4.79 Å². The number of nitrogens with one attached hydrogen (secondary N) is 1. The Labute approximate surface area is 180 Å². The number of hydrogen-bond acceptors (Lipinski definition) is 4. The lowest BCUT2D eigenvalue weighted by molar-refractivity contribution is 0.0697. The fourth-order valence-electron chi connectivity index (χ4n) is 3.48. The first kappa shape index (κ1) is 20.3. The number of carboxylic acids is 1. The molecule has 0 aliphatic carbocycles. The summed E-state index contributed by atoms with van der Waals surface area (Å²) in [5, 5.41) is 14.7. The van der Waals surface area contributed by atoms with Crippen LogP contribution in [0.4, 0.5) is 5.69 Å². The van der Waals surface area contributed by atoms with Crippen molar-refractivity contribution < 1.29 is 19.4 Å². The summed E-state index contributed by atoms with van der Waals surface area (Å²) in [6.07, 6.45) is 0. The van der Waals surface area contributed by atoms with Gasteiger partial charge in [0.05, 0.1) is 12.7 Å². The lowest BCUT2D eigenvalue weighted by Crippen LogP contribution is -2.03. The number of aromatic carboxylic acids is 1. The smallest absolute Gasteiger partial charge is 0.335 e. The van der Waals surface area contributed by atoms with Gasteiger partial charge in [0.25, 0.3) is 0 Å². The standard InChI is InChI=1S/C26H23NO4/c1-30-25-14-18(16-27-22-10-5-8-20(15-22)26(28)29)12-13-24(25)31-17-21-9-4-7-19-6-2-3-11-23(19)21/h2-15,27H,16-17H2,1H3,(H,28,29). The van der Waals surface area contributed by atoms with Crippen molar-refractivity contribution in [2.75, 3.05) is 12.4 Å². The Morgan fingerprint density at radius 2 is 1.71 bits per heavy atom. The number of carbonyl (C=O) groups is 1. The molecule has 0 heterocycles. The van der Waals surface area contributed by atoms with Gasteiger partial charge >= 0.3 is 5.97 Å². The molecular weight excluding hydrogens is 390 g/mol. The molecule has 0 fully saturated rings. The van der Waals surface area contributed by atoms with E-state index in [1.165, 1.54) is 10.8 Å². The van der Waals surface area contributed by atoms with Crippen LogP contribution in [-0.2, 0) is 13.2 Å². The monoisotopic (exact) mass is 413 g/mol. The second kappa shape index (κ2) is 9.22. The highest BCUT2D eigenvalue weighted by molar-refractivity contribution is 5.88. The quantitative estimate of drug-likeness (QED) is 0.386. The third-order valence-electron chi connectivity index (χ3n) is 5.10. The predicted molar refractivity (Wildman–Crippen MR) is 122 cm³/mol. The highest BCUT2D eigenvalue weighted by atomic mass is 16.5. The first-order valence-electron chi connectivity index (χ1n) is 9.97. The summed E-state index contributed by atoms with van der Waals surface area (Å²) in [5.74, 6) is 0.379. The molecule has 4 aromatic carbocycles. The van der Waals surface area contributed by atoms with Crippen LogP contribution in [0.25, 0.3) is 10.8 Å². The molecule has 0 saturated carbocycles. The molecule has 0 atom stereocenters. The summed E-state index contributed by atoms with van der Waals surface area (Å²) >= 11 is 0. The highest BCUT2D eigenvalue weighted by Gasteiger charge is 2.09. The molecular formula is C26H23NO4. The van der Waals surface area contributed by atoms with Crippen LogP contribution in [-0.4, -0.2) is 18.2 Å². The van der Waals surface area contributed by atoms with E-state index in [2.05, 4.69) is 29.6 Å². The topological polar surface area (TPSA) is 67.8 Å². The second-order valence-electron chi connectivity index (χ2n) is 7.15. The molecule has 4 rings (SSSR count). The molecule has 0 aromatic heterocycles. The number of carboxylic acid groups (broad SMARTS) is 1. The van der Waals surface area contributed by atoms with Gasteiger partial charge in [-0.2, -0.15) is 0 Å². The van der Waals surface area contributed by atoms with Gasteiger partial charge in [-0.1, -0.05) is 54.6 Å². The van der Waals surface area contributed by atoms with E-state index in [1.807, 2.05) is 42.5 Å². The minimum absolute atomic E-state index is 0.250. The number of fused-ring (bicyclic) bond motifs is 1. The minimum atomic E-state index is -0.946. The lowest BCUT2D eigenvalue weighted by atomic mass is 10.1. The van der Waals surface area contributed by atoms with E-state index in [4.69, 9.17) is 14.6 Å². The molecule has 31 heavy (non-hydrogen) atoms. The van der Waals surface area contributed by atoms with E-state index in [0.29, 0.717) is 24.7 Å². The van der Waals surface area contributed by atoms with Gasteiger partial charge in [-0.05, 0) is 52.2 Å². The predicted octanol–water partition coefficient (Wildman–Crippen LogP) is 5.74. The first-order chi connectivity index (χ1) is 15.1. The molecule has 0 saturated heterocycles. The van der Waals surface area contributed by atoms with E-state index in [9.17, 15) is 4.79 Å². The summed E-state index contributed by atoms with van der Waals surface area (Å²) < 4.78 is 11.6. The molecule has 156 valence electrons. The summed E-state index contributed by atoms with van der Waals surface area (Å²) in [5.41, 5.74) is 3.11. The number of ether oxygens (including phenoxy) is 2. The molecule has 5 nitrogen and oxygen atoms in total. The van der Waals surface area contributed by atoms with E-state index < -0.39 is 5.97 Å². The molecule has 4 aromatic rings. The van der Waals surface area contributed by atoms with Gasteiger partial charge in [-0.3, -0.25) is 0 Å². The molecule has 0 bridgehead atoms. The van der Waals surface area contributed by atoms with Crippen LogP contribution in [0.15, 0.2) is 84.9 Å². The molecule has 5 heteroatoms. The Hall–Kier alpha value is -3.99. The summed E-state index contributed by atoms with van der Waals surface area (Å²) in [4.78, 5) is 11.1. The molecule has 0 radical (unpaired) electrons. The number of methoxy groups -OCH3 is 1. The van der Waals surface area contributed by atoms with Crippen LogP contribution in [0.2, 0.25) is 0 Å². The molecule has 0 amide bonds. The maximum absolute atomic E-state index is 11.1. The maximum atomic E-state index is 11.1. The maximum Gasteiger partial charge on any atom is 0.335 e. The zero-order valence-corrected chi connectivity index (χ0v) is 17.2. The normalized spacial score (nSPS) is 10.6. The van der Waals surface area contributed by atoms with Gasteiger partial charge in [0.2, 0.25) is 0 Å². The van der Waals surface area contributed by atoms with Crippen molar-refractivity contribution in [3.63, 3.8) is 0 Å². The van der Waals surface area contributed by atoms with Crippen LogP contribution in [0.5, 0.6) is 11.5 Å². The van der Waals surface area contributed by atoms with Crippen LogP contribution >= 0.6 is 0 Å². The average Bonchev–Trinajstić information content (AvgIpc) is 2.81. The lowest BCUT2D eigenvalue weighted by Gasteiger charge is -2.14. The summed E-state index contributed by atoms with van der Waals surface area (Å²) in [6, 6.07) is 27.0. The fourth-order valence-corrected chi connectivity index (χ4v) is 3.48. The zero-order valence-electron chi connectivity index (χ0n) is 17.2. The van der Waals surface area contributed by atoms with Crippen LogP contribution < -0.4 is 14.8 Å². The second-order valence-corrected chi connectivity index (χ2v) is 7.15. The van der Waals surface area contributed by atoms with Crippen molar-refractivity contribution in [3.05, 3.63) is 102 Å². The first-order valence-corrected chi connectivity index (χ1v) is 9.97. The fraction of sp³-hybridized carbons (Fsp3) is 0.115. The van der Waals surface area contributed by atoms with E-state index in [1.54, 1.807) is 25.3 Å².